The zero-order chi connectivity index (χ0) is 17.5. The average Bonchev–Trinajstić information content (AvgIpc) is 2.58. The first-order valence-electron chi connectivity index (χ1n) is 7.14. The number of phenols is 1. The monoisotopic (exact) mass is 345 g/mol. The van der Waals surface area contributed by atoms with Gasteiger partial charge in [0, 0.05) is 10.6 Å². The molecule has 1 atom stereocenters. The van der Waals surface area contributed by atoms with E-state index in [1.165, 1.54) is 24.4 Å². The lowest BCUT2D eigenvalue weighted by atomic mass is 10.1. The number of halogens is 1. The molecular formula is C17H16ClN3O3. The van der Waals surface area contributed by atoms with Gasteiger partial charge in [0.1, 0.15) is 5.75 Å². The van der Waals surface area contributed by atoms with Crippen LogP contribution < -0.4 is 10.7 Å². The van der Waals surface area contributed by atoms with E-state index < -0.39 is 11.8 Å². The number of rotatable bonds is 4. The lowest BCUT2D eigenvalue weighted by Crippen LogP contribution is -2.39. The quantitative estimate of drug-likeness (QED) is 0.451. The molecule has 2 aromatic rings. The summed E-state index contributed by atoms with van der Waals surface area (Å²) in [7, 11) is 0. The number of nitrogens with one attached hydrogen (secondary N) is 2. The predicted octanol–water partition coefficient (Wildman–Crippen LogP) is 2.37. The van der Waals surface area contributed by atoms with Gasteiger partial charge in [0.2, 0.25) is 0 Å². The van der Waals surface area contributed by atoms with Crippen molar-refractivity contribution in [2.45, 2.75) is 13.0 Å². The number of hydrazone groups is 1. The van der Waals surface area contributed by atoms with Gasteiger partial charge in [-0.3, -0.25) is 9.59 Å². The number of nitrogens with zero attached hydrogens (tertiary/aromatic N) is 1. The maximum absolute atomic E-state index is 11.8. The average molecular weight is 346 g/mol. The highest BCUT2D eigenvalue weighted by Gasteiger charge is 2.16. The van der Waals surface area contributed by atoms with Crippen LogP contribution in [0.15, 0.2) is 53.6 Å². The van der Waals surface area contributed by atoms with Gasteiger partial charge in [-0.05, 0) is 30.7 Å². The minimum atomic E-state index is -0.907. The molecule has 0 aliphatic heterocycles. The zero-order valence-corrected chi connectivity index (χ0v) is 13.6. The number of phenolic OH excluding ortho intramolecular Hbond substituents is 1. The molecule has 0 unspecified atom stereocenters. The lowest BCUT2D eigenvalue weighted by molar-refractivity contribution is -0.139. The number of hydrogen-bond acceptors (Lipinski definition) is 4. The standard InChI is InChI=1S/C17H16ClN3O3/c1-11(12-5-3-2-4-6-12)20-16(23)17(24)21-19-10-13-9-14(18)7-8-15(13)22/h2-11,22H,1H3,(H,20,23)(H,21,24)/b19-10+/t11-/m1/s1. The highest BCUT2D eigenvalue weighted by Crippen LogP contribution is 2.19. The second-order valence-corrected chi connectivity index (χ2v) is 5.44. The van der Waals surface area contributed by atoms with Crippen molar-refractivity contribution in [3.05, 3.63) is 64.7 Å². The summed E-state index contributed by atoms with van der Waals surface area (Å²) in [5, 5.41) is 16.2. The molecule has 0 spiro atoms. The fraction of sp³-hybridized carbons (Fsp3) is 0.118. The summed E-state index contributed by atoms with van der Waals surface area (Å²) in [5.74, 6) is -1.76. The van der Waals surface area contributed by atoms with Gasteiger partial charge in [0.25, 0.3) is 0 Å². The summed E-state index contributed by atoms with van der Waals surface area (Å²) in [5.41, 5.74) is 3.30. The highest BCUT2D eigenvalue weighted by molar-refractivity contribution is 6.35. The van der Waals surface area contributed by atoms with E-state index in [-0.39, 0.29) is 11.8 Å². The Hall–Kier alpha value is -2.86. The van der Waals surface area contributed by atoms with Crippen LogP contribution in [0.5, 0.6) is 5.75 Å². The topological polar surface area (TPSA) is 90.8 Å². The second-order valence-electron chi connectivity index (χ2n) is 5.01. The Balaban J connectivity index is 1.91. The van der Waals surface area contributed by atoms with Gasteiger partial charge in [0.05, 0.1) is 12.3 Å². The first-order chi connectivity index (χ1) is 11.5. The number of benzene rings is 2. The van der Waals surface area contributed by atoms with E-state index in [0.717, 1.165) is 5.56 Å². The molecule has 2 aromatic carbocycles. The summed E-state index contributed by atoms with van der Waals surface area (Å²) >= 11 is 5.80. The molecule has 0 radical (unpaired) electrons. The third-order valence-corrected chi connectivity index (χ3v) is 3.45. The van der Waals surface area contributed by atoms with Crippen molar-refractivity contribution in [2.24, 2.45) is 5.10 Å². The molecule has 2 amide bonds. The summed E-state index contributed by atoms with van der Waals surface area (Å²) < 4.78 is 0. The van der Waals surface area contributed by atoms with Crippen LogP contribution in [0, 0.1) is 0 Å². The maximum atomic E-state index is 11.8. The van der Waals surface area contributed by atoms with Crippen molar-refractivity contribution in [2.75, 3.05) is 0 Å². The molecule has 2 rings (SSSR count). The number of hydrogen-bond donors (Lipinski definition) is 3. The van der Waals surface area contributed by atoms with Gasteiger partial charge in [-0.25, -0.2) is 5.43 Å². The van der Waals surface area contributed by atoms with Gasteiger partial charge >= 0.3 is 11.8 Å². The van der Waals surface area contributed by atoms with E-state index >= 15 is 0 Å². The van der Waals surface area contributed by atoms with Crippen LogP contribution in [0.3, 0.4) is 0 Å². The maximum Gasteiger partial charge on any atom is 0.329 e. The lowest BCUT2D eigenvalue weighted by Gasteiger charge is -2.13. The molecule has 3 N–H and O–H groups in total. The zero-order valence-electron chi connectivity index (χ0n) is 12.9. The largest absolute Gasteiger partial charge is 0.507 e. The molecule has 124 valence electrons. The Labute approximate surface area is 144 Å². The van der Waals surface area contributed by atoms with Crippen molar-refractivity contribution < 1.29 is 14.7 Å². The molecule has 0 saturated heterocycles. The Morgan fingerprint density at radius 2 is 1.88 bits per heavy atom. The molecule has 7 heteroatoms. The van der Waals surface area contributed by atoms with E-state index in [2.05, 4.69) is 15.8 Å². The van der Waals surface area contributed by atoms with Gasteiger partial charge in [-0.15, -0.1) is 0 Å². The van der Waals surface area contributed by atoms with E-state index in [1.807, 2.05) is 30.3 Å². The summed E-state index contributed by atoms with van der Waals surface area (Å²) in [6, 6.07) is 13.3. The summed E-state index contributed by atoms with van der Waals surface area (Å²) in [6.45, 7) is 1.77. The number of carbonyl (C=O) groups is 2. The van der Waals surface area contributed by atoms with Gasteiger partial charge in [-0.2, -0.15) is 5.10 Å². The summed E-state index contributed by atoms with van der Waals surface area (Å²) in [4.78, 5) is 23.5. The van der Waals surface area contributed by atoms with Crippen LogP contribution in [0.1, 0.15) is 24.1 Å². The van der Waals surface area contributed by atoms with Crippen LogP contribution in [0.2, 0.25) is 5.02 Å². The Morgan fingerprint density at radius 3 is 2.58 bits per heavy atom. The Kier molecular flexibility index (Phi) is 5.92. The van der Waals surface area contributed by atoms with Crippen LogP contribution in [0.25, 0.3) is 0 Å². The molecule has 0 aliphatic carbocycles. The van der Waals surface area contributed by atoms with Gasteiger partial charge in [0.15, 0.2) is 0 Å². The Bertz CT molecular complexity index is 763. The van der Waals surface area contributed by atoms with Crippen LogP contribution in [-0.4, -0.2) is 23.1 Å². The minimum absolute atomic E-state index is 0.0421. The van der Waals surface area contributed by atoms with E-state index in [0.29, 0.717) is 10.6 Å². The molecule has 6 nitrogen and oxygen atoms in total. The third-order valence-electron chi connectivity index (χ3n) is 3.21. The Morgan fingerprint density at radius 1 is 1.17 bits per heavy atom. The fourth-order valence-corrected chi connectivity index (χ4v) is 2.11. The normalized spacial score (nSPS) is 11.9. The van der Waals surface area contributed by atoms with E-state index in [1.54, 1.807) is 6.92 Å². The van der Waals surface area contributed by atoms with Crippen molar-refractivity contribution in [1.29, 1.82) is 0 Å². The molecule has 0 bridgehead atoms. The highest BCUT2D eigenvalue weighted by atomic mass is 35.5. The minimum Gasteiger partial charge on any atom is -0.507 e. The number of amides is 2. The molecule has 0 saturated carbocycles. The van der Waals surface area contributed by atoms with Crippen molar-refractivity contribution >= 4 is 29.6 Å². The van der Waals surface area contributed by atoms with Crippen LogP contribution >= 0.6 is 11.6 Å². The summed E-state index contributed by atoms with van der Waals surface area (Å²) in [6.07, 6.45) is 1.20. The molecule has 0 heterocycles. The van der Waals surface area contributed by atoms with Crippen molar-refractivity contribution in [3.8, 4) is 5.75 Å². The SMILES string of the molecule is C[C@@H](NC(=O)C(=O)N/N=C/c1cc(Cl)ccc1O)c1ccccc1. The first kappa shape index (κ1) is 17.5. The molecule has 24 heavy (non-hydrogen) atoms. The third kappa shape index (κ3) is 4.82. The fourth-order valence-electron chi connectivity index (χ4n) is 1.93. The van der Waals surface area contributed by atoms with Gasteiger partial charge < -0.3 is 10.4 Å². The number of carbonyl (C=O) groups excluding carboxylic acids is 2. The molecular weight excluding hydrogens is 330 g/mol. The second kappa shape index (κ2) is 8.12. The van der Waals surface area contributed by atoms with Gasteiger partial charge in [-0.1, -0.05) is 41.9 Å². The predicted molar refractivity (Wildman–Crippen MR) is 91.9 cm³/mol. The van der Waals surface area contributed by atoms with Crippen LogP contribution in [-0.2, 0) is 9.59 Å². The van der Waals surface area contributed by atoms with E-state index in [9.17, 15) is 14.7 Å². The first-order valence-corrected chi connectivity index (χ1v) is 7.52. The van der Waals surface area contributed by atoms with E-state index in [4.69, 9.17) is 11.6 Å². The smallest absolute Gasteiger partial charge is 0.329 e. The molecule has 0 aliphatic rings. The van der Waals surface area contributed by atoms with Crippen molar-refractivity contribution in [3.63, 3.8) is 0 Å². The number of aromatic hydroxyl groups is 1. The molecule has 0 fully saturated rings. The molecule has 0 aromatic heterocycles. The van der Waals surface area contributed by atoms with Crippen molar-refractivity contribution in [1.82, 2.24) is 10.7 Å². The van der Waals surface area contributed by atoms with Crippen LogP contribution in [0.4, 0.5) is 0 Å².